The van der Waals surface area contributed by atoms with Crippen molar-refractivity contribution in [3.8, 4) is 0 Å². The van der Waals surface area contributed by atoms with E-state index in [-0.39, 0.29) is 11.9 Å². The first kappa shape index (κ1) is 11.8. The van der Waals surface area contributed by atoms with Crippen molar-refractivity contribution >= 4 is 0 Å². The molecule has 0 spiro atoms. The van der Waals surface area contributed by atoms with Crippen molar-refractivity contribution < 1.29 is 4.39 Å². The summed E-state index contributed by atoms with van der Waals surface area (Å²) >= 11 is 0. The molecule has 2 rings (SSSR count). The summed E-state index contributed by atoms with van der Waals surface area (Å²) in [6.07, 6.45) is 2.35. The van der Waals surface area contributed by atoms with E-state index in [0.717, 1.165) is 17.8 Å². The Kier molecular flexibility index (Phi) is 3.54. The molecule has 17 heavy (non-hydrogen) atoms. The summed E-state index contributed by atoms with van der Waals surface area (Å²) < 4.78 is 14.9. The van der Waals surface area contributed by atoms with Gasteiger partial charge in [0.2, 0.25) is 0 Å². The van der Waals surface area contributed by atoms with Gasteiger partial charge in [-0.1, -0.05) is 12.1 Å². The van der Waals surface area contributed by atoms with Crippen molar-refractivity contribution in [2.24, 2.45) is 5.73 Å². The maximum absolute atomic E-state index is 13.0. The lowest BCUT2D eigenvalue weighted by atomic mass is 10.0. The summed E-state index contributed by atoms with van der Waals surface area (Å²) in [6.45, 7) is 2.81. The van der Waals surface area contributed by atoms with Crippen molar-refractivity contribution in [1.82, 2.24) is 9.78 Å². The van der Waals surface area contributed by atoms with Gasteiger partial charge in [0.25, 0.3) is 0 Å². The number of aryl methyl sites for hydroxylation is 1. The highest BCUT2D eigenvalue weighted by Gasteiger charge is 2.11. The molecule has 0 bridgehead atoms. The molecule has 1 unspecified atom stereocenters. The van der Waals surface area contributed by atoms with Crippen LogP contribution in [0.5, 0.6) is 0 Å². The average molecular weight is 233 g/mol. The summed E-state index contributed by atoms with van der Waals surface area (Å²) in [4.78, 5) is 0. The first-order valence-corrected chi connectivity index (χ1v) is 5.72. The normalized spacial score (nSPS) is 12.6. The third-order valence-corrected chi connectivity index (χ3v) is 2.77. The second kappa shape index (κ2) is 5.10. The number of aromatic nitrogens is 2. The van der Waals surface area contributed by atoms with Crippen LogP contribution in [0.3, 0.4) is 0 Å². The van der Waals surface area contributed by atoms with Crippen LogP contribution in [0.15, 0.2) is 36.5 Å². The lowest BCUT2D eigenvalue weighted by Crippen LogP contribution is -2.18. The first-order valence-electron chi connectivity index (χ1n) is 5.72. The minimum Gasteiger partial charge on any atom is -0.322 e. The number of hydrogen-bond acceptors (Lipinski definition) is 2. The maximum Gasteiger partial charge on any atom is 0.123 e. The van der Waals surface area contributed by atoms with Crippen molar-refractivity contribution in [1.29, 1.82) is 0 Å². The quantitative estimate of drug-likeness (QED) is 0.880. The molecule has 0 saturated carbocycles. The largest absolute Gasteiger partial charge is 0.322 e. The van der Waals surface area contributed by atoms with Crippen LogP contribution in [0.25, 0.3) is 0 Å². The van der Waals surface area contributed by atoms with Crippen LogP contribution in [0.2, 0.25) is 0 Å². The molecular formula is C13H16FN3. The molecule has 0 amide bonds. The average Bonchev–Trinajstić information content (AvgIpc) is 2.77. The van der Waals surface area contributed by atoms with Gasteiger partial charge >= 0.3 is 0 Å². The van der Waals surface area contributed by atoms with E-state index in [1.165, 1.54) is 12.1 Å². The summed E-state index contributed by atoms with van der Waals surface area (Å²) in [5.74, 6) is -0.223. The summed E-state index contributed by atoms with van der Waals surface area (Å²) in [5, 5.41) is 4.18. The molecule has 1 aromatic carbocycles. The molecule has 90 valence electrons. The lowest BCUT2D eigenvalue weighted by Gasteiger charge is -2.13. The van der Waals surface area contributed by atoms with Crippen LogP contribution < -0.4 is 5.73 Å². The van der Waals surface area contributed by atoms with Gasteiger partial charge in [0, 0.05) is 12.7 Å². The van der Waals surface area contributed by atoms with Gasteiger partial charge in [-0.25, -0.2) is 4.39 Å². The zero-order valence-corrected chi connectivity index (χ0v) is 9.81. The van der Waals surface area contributed by atoms with Crippen LogP contribution in [0.1, 0.15) is 24.2 Å². The highest BCUT2D eigenvalue weighted by atomic mass is 19.1. The van der Waals surface area contributed by atoms with E-state index < -0.39 is 0 Å². The van der Waals surface area contributed by atoms with Crippen LogP contribution in [-0.2, 0) is 13.0 Å². The molecule has 2 aromatic rings. The van der Waals surface area contributed by atoms with E-state index in [1.807, 2.05) is 23.7 Å². The molecule has 0 saturated heterocycles. The number of benzene rings is 1. The molecule has 4 heteroatoms. The number of hydrogen-bond donors (Lipinski definition) is 1. The highest BCUT2D eigenvalue weighted by Crippen LogP contribution is 2.16. The van der Waals surface area contributed by atoms with E-state index in [2.05, 4.69) is 5.10 Å². The predicted molar refractivity (Wildman–Crippen MR) is 64.9 cm³/mol. The standard InChI is InChI=1S/C13H16FN3/c1-2-17-13(6-7-16-17)12(15)9-10-4-3-5-11(14)8-10/h3-8,12H,2,9,15H2,1H3. The number of nitrogens with two attached hydrogens (primary N) is 1. The molecule has 3 nitrogen and oxygen atoms in total. The highest BCUT2D eigenvalue weighted by molar-refractivity contribution is 5.20. The van der Waals surface area contributed by atoms with E-state index >= 15 is 0 Å². The van der Waals surface area contributed by atoms with E-state index in [4.69, 9.17) is 5.73 Å². The molecule has 0 aliphatic heterocycles. The van der Waals surface area contributed by atoms with Gasteiger partial charge in [0.05, 0.1) is 11.7 Å². The molecule has 2 N–H and O–H groups in total. The summed E-state index contributed by atoms with van der Waals surface area (Å²) in [5.41, 5.74) is 8.00. The topological polar surface area (TPSA) is 43.8 Å². The SMILES string of the molecule is CCn1nccc1C(N)Cc1cccc(F)c1. The molecule has 0 radical (unpaired) electrons. The van der Waals surface area contributed by atoms with Crippen LogP contribution in [0.4, 0.5) is 4.39 Å². The van der Waals surface area contributed by atoms with Gasteiger partial charge in [-0.3, -0.25) is 4.68 Å². The minimum absolute atomic E-state index is 0.153. The van der Waals surface area contributed by atoms with Crippen molar-refractivity contribution in [2.45, 2.75) is 25.9 Å². The number of nitrogens with zero attached hydrogens (tertiary/aromatic N) is 2. The van der Waals surface area contributed by atoms with Crippen molar-refractivity contribution in [2.75, 3.05) is 0 Å². The van der Waals surface area contributed by atoms with E-state index in [9.17, 15) is 4.39 Å². The molecule has 0 aliphatic carbocycles. The van der Waals surface area contributed by atoms with Gasteiger partial charge in [-0.05, 0) is 37.1 Å². The van der Waals surface area contributed by atoms with E-state index in [1.54, 1.807) is 12.3 Å². The molecule has 1 aromatic heterocycles. The van der Waals surface area contributed by atoms with Gasteiger partial charge < -0.3 is 5.73 Å². The monoisotopic (exact) mass is 233 g/mol. The fourth-order valence-electron chi connectivity index (χ4n) is 1.94. The van der Waals surface area contributed by atoms with Crippen LogP contribution >= 0.6 is 0 Å². The second-order valence-corrected chi connectivity index (χ2v) is 4.01. The Hall–Kier alpha value is -1.68. The molecule has 1 heterocycles. The van der Waals surface area contributed by atoms with E-state index in [0.29, 0.717) is 6.42 Å². The Labute approximate surface area is 100 Å². The fraction of sp³-hybridized carbons (Fsp3) is 0.308. The molecule has 0 aliphatic rings. The Bertz CT molecular complexity index is 493. The third-order valence-electron chi connectivity index (χ3n) is 2.77. The van der Waals surface area contributed by atoms with Crippen molar-refractivity contribution in [3.63, 3.8) is 0 Å². The lowest BCUT2D eigenvalue weighted by molar-refractivity contribution is 0.566. The molecular weight excluding hydrogens is 217 g/mol. The molecule has 1 atom stereocenters. The second-order valence-electron chi connectivity index (χ2n) is 4.01. The van der Waals surface area contributed by atoms with Crippen LogP contribution in [-0.4, -0.2) is 9.78 Å². The van der Waals surface area contributed by atoms with Gasteiger partial charge in [-0.15, -0.1) is 0 Å². The molecule has 0 fully saturated rings. The van der Waals surface area contributed by atoms with Crippen LogP contribution in [0, 0.1) is 5.82 Å². The number of halogens is 1. The first-order chi connectivity index (χ1) is 8.20. The third kappa shape index (κ3) is 2.71. The summed E-state index contributed by atoms with van der Waals surface area (Å²) in [7, 11) is 0. The Morgan fingerprint density at radius 2 is 2.24 bits per heavy atom. The van der Waals surface area contributed by atoms with Crippen molar-refractivity contribution in [3.05, 3.63) is 53.6 Å². The Morgan fingerprint density at radius 1 is 1.41 bits per heavy atom. The zero-order valence-electron chi connectivity index (χ0n) is 9.81. The predicted octanol–water partition coefficient (Wildman–Crippen LogP) is 2.28. The minimum atomic E-state index is -0.223. The summed E-state index contributed by atoms with van der Waals surface area (Å²) in [6, 6.07) is 8.30. The fourth-order valence-corrected chi connectivity index (χ4v) is 1.94. The smallest absolute Gasteiger partial charge is 0.123 e. The number of rotatable bonds is 4. The zero-order chi connectivity index (χ0) is 12.3. The van der Waals surface area contributed by atoms with Gasteiger partial charge in [-0.2, -0.15) is 5.10 Å². The maximum atomic E-state index is 13.0. The Morgan fingerprint density at radius 3 is 2.94 bits per heavy atom. The Balaban J connectivity index is 2.14. The van der Waals surface area contributed by atoms with Gasteiger partial charge in [0.1, 0.15) is 5.82 Å². The van der Waals surface area contributed by atoms with Gasteiger partial charge in [0.15, 0.2) is 0 Å².